The first-order chi connectivity index (χ1) is 8.61. The van der Waals surface area contributed by atoms with Crippen molar-refractivity contribution >= 4 is 11.7 Å². The van der Waals surface area contributed by atoms with Crippen LogP contribution in [0, 0.1) is 19.8 Å². The van der Waals surface area contributed by atoms with E-state index >= 15 is 0 Å². The number of hydrogen-bond acceptors (Lipinski definition) is 2. The zero-order valence-corrected chi connectivity index (χ0v) is 10.9. The maximum Gasteiger partial charge on any atom is 0.321 e. The number of aliphatic hydroxyl groups excluding tert-OH is 1. The number of anilines is 1. The molecule has 0 bridgehead atoms. The highest BCUT2D eigenvalue weighted by Crippen LogP contribution is 2.20. The van der Waals surface area contributed by atoms with Crippen LogP contribution in [0.1, 0.15) is 17.5 Å². The summed E-state index contributed by atoms with van der Waals surface area (Å²) in [5, 5.41) is 12.0. The van der Waals surface area contributed by atoms with Gasteiger partial charge in [-0.1, -0.05) is 12.1 Å². The summed E-state index contributed by atoms with van der Waals surface area (Å²) >= 11 is 0. The van der Waals surface area contributed by atoms with Crippen LogP contribution < -0.4 is 5.32 Å². The Labute approximate surface area is 108 Å². The van der Waals surface area contributed by atoms with Crippen molar-refractivity contribution in [3.8, 4) is 0 Å². The van der Waals surface area contributed by atoms with Gasteiger partial charge in [-0.05, 0) is 37.5 Å². The number of carbonyl (C=O) groups is 1. The molecule has 18 heavy (non-hydrogen) atoms. The van der Waals surface area contributed by atoms with E-state index < -0.39 is 0 Å². The highest BCUT2D eigenvalue weighted by Gasteiger charge is 2.25. The second kappa shape index (κ2) is 5.40. The van der Waals surface area contributed by atoms with Gasteiger partial charge in [0.1, 0.15) is 0 Å². The van der Waals surface area contributed by atoms with Crippen molar-refractivity contribution in [2.45, 2.75) is 20.3 Å². The van der Waals surface area contributed by atoms with E-state index in [-0.39, 0.29) is 18.6 Å². The molecule has 1 heterocycles. The number of hydrogen-bond donors (Lipinski definition) is 2. The molecule has 1 aromatic rings. The van der Waals surface area contributed by atoms with Crippen molar-refractivity contribution in [3.63, 3.8) is 0 Å². The number of benzene rings is 1. The van der Waals surface area contributed by atoms with Crippen LogP contribution in [0.15, 0.2) is 18.2 Å². The molecule has 0 spiro atoms. The Morgan fingerprint density at radius 2 is 2.28 bits per heavy atom. The quantitative estimate of drug-likeness (QED) is 0.842. The summed E-state index contributed by atoms with van der Waals surface area (Å²) in [5.74, 6) is 0.231. The summed E-state index contributed by atoms with van der Waals surface area (Å²) in [5.41, 5.74) is 3.14. The molecule has 4 heteroatoms. The van der Waals surface area contributed by atoms with E-state index in [4.69, 9.17) is 5.11 Å². The molecular formula is C14H20N2O2. The van der Waals surface area contributed by atoms with E-state index in [0.717, 1.165) is 24.2 Å². The van der Waals surface area contributed by atoms with E-state index in [1.165, 1.54) is 5.56 Å². The lowest BCUT2D eigenvalue weighted by Crippen LogP contribution is -2.33. The van der Waals surface area contributed by atoms with Crippen LogP contribution in [0.3, 0.4) is 0 Å². The van der Waals surface area contributed by atoms with Gasteiger partial charge >= 0.3 is 6.03 Å². The lowest BCUT2D eigenvalue weighted by Gasteiger charge is -2.18. The molecule has 1 saturated heterocycles. The minimum atomic E-state index is -0.0698. The number of amides is 2. The number of aryl methyl sites for hydroxylation is 1. The minimum absolute atomic E-state index is 0.0698. The predicted molar refractivity (Wildman–Crippen MR) is 71.7 cm³/mol. The summed E-state index contributed by atoms with van der Waals surface area (Å²) in [6, 6.07) is 5.82. The Kier molecular flexibility index (Phi) is 3.87. The number of nitrogens with one attached hydrogen (secondary N) is 1. The second-order valence-electron chi connectivity index (χ2n) is 4.96. The van der Waals surface area contributed by atoms with Gasteiger partial charge in [-0.25, -0.2) is 4.79 Å². The topological polar surface area (TPSA) is 52.6 Å². The van der Waals surface area contributed by atoms with E-state index in [1.807, 2.05) is 32.0 Å². The van der Waals surface area contributed by atoms with Crippen LogP contribution in [-0.4, -0.2) is 35.7 Å². The van der Waals surface area contributed by atoms with Crippen molar-refractivity contribution < 1.29 is 9.90 Å². The van der Waals surface area contributed by atoms with Crippen LogP contribution in [-0.2, 0) is 0 Å². The Hall–Kier alpha value is -1.55. The highest BCUT2D eigenvalue weighted by atomic mass is 16.3. The molecular weight excluding hydrogens is 228 g/mol. The number of nitrogens with zero attached hydrogens (tertiary/aromatic N) is 1. The van der Waals surface area contributed by atoms with Gasteiger partial charge in [0.05, 0.1) is 0 Å². The van der Waals surface area contributed by atoms with Crippen LogP contribution in [0.2, 0.25) is 0 Å². The van der Waals surface area contributed by atoms with Crippen molar-refractivity contribution in [1.29, 1.82) is 0 Å². The molecule has 1 atom stereocenters. The van der Waals surface area contributed by atoms with Crippen molar-refractivity contribution in [1.82, 2.24) is 4.90 Å². The number of rotatable bonds is 2. The molecule has 0 radical (unpaired) electrons. The fourth-order valence-corrected chi connectivity index (χ4v) is 2.25. The smallest absolute Gasteiger partial charge is 0.321 e. The molecule has 1 aliphatic heterocycles. The molecule has 1 aliphatic rings. The third kappa shape index (κ3) is 2.64. The average Bonchev–Trinajstić information content (AvgIpc) is 2.83. The maximum atomic E-state index is 12.1. The lowest BCUT2D eigenvalue weighted by molar-refractivity contribution is 0.208. The Morgan fingerprint density at radius 1 is 1.50 bits per heavy atom. The van der Waals surface area contributed by atoms with Gasteiger partial charge in [-0.15, -0.1) is 0 Å². The molecule has 1 fully saturated rings. The molecule has 2 N–H and O–H groups in total. The van der Waals surface area contributed by atoms with Crippen LogP contribution in [0.5, 0.6) is 0 Å². The summed E-state index contributed by atoms with van der Waals surface area (Å²) < 4.78 is 0. The van der Waals surface area contributed by atoms with E-state index in [0.29, 0.717) is 6.54 Å². The zero-order chi connectivity index (χ0) is 13.1. The first-order valence-corrected chi connectivity index (χ1v) is 6.35. The van der Waals surface area contributed by atoms with Crippen LogP contribution >= 0.6 is 0 Å². The normalized spacial score (nSPS) is 19.1. The highest BCUT2D eigenvalue weighted by molar-refractivity contribution is 5.90. The maximum absolute atomic E-state index is 12.1. The number of carbonyl (C=O) groups excluding carboxylic acids is 1. The summed E-state index contributed by atoms with van der Waals surface area (Å²) in [7, 11) is 0. The van der Waals surface area contributed by atoms with Gasteiger partial charge in [-0.2, -0.15) is 0 Å². The Morgan fingerprint density at radius 3 is 2.94 bits per heavy atom. The SMILES string of the molecule is Cc1cccc(NC(=O)N2CCC(CO)C2)c1C. The molecule has 2 rings (SSSR count). The monoisotopic (exact) mass is 248 g/mol. The van der Waals surface area contributed by atoms with Gasteiger partial charge in [-0.3, -0.25) is 0 Å². The van der Waals surface area contributed by atoms with Gasteiger partial charge in [0.25, 0.3) is 0 Å². The van der Waals surface area contributed by atoms with Crippen molar-refractivity contribution in [3.05, 3.63) is 29.3 Å². The molecule has 4 nitrogen and oxygen atoms in total. The molecule has 0 aromatic heterocycles. The fourth-order valence-electron chi connectivity index (χ4n) is 2.25. The standard InChI is InChI=1S/C14H20N2O2/c1-10-4-3-5-13(11(10)2)15-14(18)16-7-6-12(8-16)9-17/h3-5,12,17H,6-9H2,1-2H3,(H,15,18). The van der Waals surface area contributed by atoms with Gasteiger partial charge < -0.3 is 15.3 Å². The Bertz CT molecular complexity index is 445. The summed E-state index contributed by atoms with van der Waals surface area (Å²) in [4.78, 5) is 13.8. The third-order valence-corrected chi connectivity index (χ3v) is 3.68. The lowest BCUT2D eigenvalue weighted by atomic mass is 10.1. The number of likely N-dealkylation sites (tertiary alicyclic amines) is 1. The summed E-state index contributed by atoms with van der Waals surface area (Å²) in [6.07, 6.45) is 0.886. The van der Waals surface area contributed by atoms with Crippen molar-refractivity contribution in [2.24, 2.45) is 5.92 Å². The minimum Gasteiger partial charge on any atom is -0.396 e. The first-order valence-electron chi connectivity index (χ1n) is 6.35. The van der Waals surface area contributed by atoms with Gasteiger partial charge in [0.15, 0.2) is 0 Å². The predicted octanol–water partition coefficient (Wildman–Crippen LogP) is 2.15. The third-order valence-electron chi connectivity index (χ3n) is 3.68. The fraction of sp³-hybridized carbons (Fsp3) is 0.500. The molecule has 0 saturated carbocycles. The average molecular weight is 248 g/mol. The molecule has 0 aliphatic carbocycles. The van der Waals surface area contributed by atoms with Crippen LogP contribution in [0.4, 0.5) is 10.5 Å². The largest absolute Gasteiger partial charge is 0.396 e. The molecule has 98 valence electrons. The van der Waals surface area contributed by atoms with Gasteiger partial charge in [0.2, 0.25) is 0 Å². The first kappa shape index (κ1) is 12.9. The number of urea groups is 1. The van der Waals surface area contributed by atoms with E-state index in [9.17, 15) is 4.79 Å². The van der Waals surface area contributed by atoms with Crippen LogP contribution in [0.25, 0.3) is 0 Å². The zero-order valence-electron chi connectivity index (χ0n) is 10.9. The molecule has 2 amide bonds. The second-order valence-corrected chi connectivity index (χ2v) is 4.96. The molecule has 1 unspecified atom stereocenters. The summed E-state index contributed by atoms with van der Waals surface area (Å²) in [6.45, 7) is 5.57. The van der Waals surface area contributed by atoms with Crippen molar-refractivity contribution in [2.75, 3.05) is 25.0 Å². The Balaban J connectivity index is 2.01. The molecule has 1 aromatic carbocycles. The van der Waals surface area contributed by atoms with E-state index in [1.54, 1.807) is 4.90 Å². The van der Waals surface area contributed by atoms with E-state index in [2.05, 4.69) is 5.32 Å². The number of aliphatic hydroxyl groups is 1. The van der Waals surface area contributed by atoms with Gasteiger partial charge in [0, 0.05) is 31.3 Å².